The summed E-state index contributed by atoms with van der Waals surface area (Å²) in [6.45, 7) is 0.999. The molecule has 1 aliphatic heterocycles. The van der Waals surface area contributed by atoms with Crippen molar-refractivity contribution in [1.82, 2.24) is 19.3 Å². The minimum absolute atomic E-state index is 0.0896. The monoisotopic (exact) mass is 490 g/mol. The zero-order valence-electron chi connectivity index (χ0n) is 17.8. The van der Waals surface area contributed by atoms with Crippen LogP contribution < -0.4 is 0 Å². The van der Waals surface area contributed by atoms with E-state index in [1.54, 1.807) is 28.5 Å². The van der Waals surface area contributed by atoms with Crippen LogP contribution in [0.25, 0.3) is 11.4 Å². The summed E-state index contributed by atoms with van der Waals surface area (Å²) >= 11 is 1.13. The number of aromatic nitrogens is 2. The third-order valence-corrected chi connectivity index (χ3v) is 9.47. The number of benzene rings is 1. The fourth-order valence-corrected chi connectivity index (χ4v) is 6.71. The highest BCUT2D eigenvalue weighted by atomic mass is 32.2. The second kappa shape index (κ2) is 8.96. The van der Waals surface area contributed by atoms with E-state index in [0.29, 0.717) is 41.8 Å². The summed E-state index contributed by atoms with van der Waals surface area (Å²) in [5.41, 5.74) is 1.22. The van der Waals surface area contributed by atoms with Gasteiger partial charge >= 0.3 is 0 Å². The Morgan fingerprint density at radius 2 is 1.97 bits per heavy atom. The molecule has 11 heteroatoms. The van der Waals surface area contributed by atoms with Crippen molar-refractivity contribution in [3.8, 4) is 11.4 Å². The van der Waals surface area contributed by atoms with Crippen molar-refractivity contribution in [2.45, 2.75) is 35.8 Å². The van der Waals surface area contributed by atoms with Gasteiger partial charge in [-0.1, -0.05) is 23.7 Å². The smallest absolute Gasteiger partial charge is 0.252 e. The molecule has 0 N–H and O–H groups in total. The zero-order chi connectivity index (χ0) is 23.0. The van der Waals surface area contributed by atoms with Gasteiger partial charge in [-0.05, 0) is 36.6 Å². The van der Waals surface area contributed by atoms with Crippen molar-refractivity contribution in [2.75, 3.05) is 26.2 Å². The fourth-order valence-electron chi connectivity index (χ4n) is 3.98. The number of nitrogens with zero attached hydrogens (tertiary/aromatic N) is 4. The van der Waals surface area contributed by atoms with Crippen molar-refractivity contribution in [1.29, 1.82) is 0 Å². The molecule has 1 aromatic carbocycles. The van der Waals surface area contributed by atoms with Gasteiger partial charge < -0.3 is 9.42 Å². The van der Waals surface area contributed by atoms with Crippen LogP contribution in [-0.2, 0) is 21.2 Å². The SMILES string of the molecule is O=C(Cc1cccc(F)c1)N1CCN(S(=O)(=O)c2cc(-c3noc(C4CCC4)n3)cs2)CC1. The molecule has 1 amide bonds. The minimum Gasteiger partial charge on any atom is -0.340 e. The van der Waals surface area contributed by atoms with Gasteiger partial charge in [-0.3, -0.25) is 4.79 Å². The van der Waals surface area contributed by atoms with Gasteiger partial charge in [-0.25, -0.2) is 12.8 Å². The molecular weight excluding hydrogens is 467 g/mol. The van der Waals surface area contributed by atoms with E-state index >= 15 is 0 Å². The lowest BCUT2D eigenvalue weighted by molar-refractivity contribution is -0.131. The molecule has 174 valence electrons. The number of carbonyl (C=O) groups excluding carboxylic acids is 1. The van der Waals surface area contributed by atoms with Gasteiger partial charge in [-0.15, -0.1) is 11.3 Å². The van der Waals surface area contributed by atoms with Crippen LogP contribution in [0.2, 0.25) is 0 Å². The largest absolute Gasteiger partial charge is 0.340 e. The Hall–Kier alpha value is -2.63. The normalized spacial score (nSPS) is 17.8. The zero-order valence-corrected chi connectivity index (χ0v) is 19.4. The number of rotatable bonds is 6. The fraction of sp³-hybridized carbons (Fsp3) is 0.409. The van der Waals surface area contributed by atoms with Crippen LogP contribution in [0, 0.1) is 5.82 Å². The third-order valence-electron chi connectivity index (χ3n) is 6.16. The van der Waals surface area contributed by atoms with Crippen LogP contribution in [0.3, 0.4) is 0 Å². The van der Waals surface area contributed by atoms with Crippen LogP contribution in [0.1, 0.15) is 36.6 Å². The van der Waals surface area contributed by atoms with E-state index in [9.17, 15) is 17.6 Å². The second-order valence-electron chi connectivity index (χ2n) is 8.33. The molecular formula is C22H23FN4O4S2. The first-order chi connectivity index (χ1) is 15.9. The lowest BCUT2D eigenvalue weighted by Gasteiger charge is -2.33. The van der Waals surface area contributed by atoms with Crippen LogP contribution >= 0.6 is 11.3 Å². The van der Waals surface area contributed by atoms with Gasteiger partial charge in [0.2, 0.25) is 17.6 Å². The second-order valence-corrected chi connectivity index (χ2v) is 11.4. The highest BCUT2D eigenvalue weighted by molar-refractivity contribution is 7.91. The summed E-state index contributed by atoms with van der Waals surface area (Å²) in [4.78, 5) is 18.6. The number of thiophene rings is 1. The van der Waals surface area contributed by atoms with Gasteiger partial charge in [-0.2, -0.15) is 9.29 Å². The van der Waals surface area contributed by atoms with E-state index in [4.69, 9.17) is 4.52 Å². The van der Waals surface area contributed by atoms with E-state index in [-0.39, 0.29) is 35.4 Å². The standard InChI is InChI=1S/C22H23FN4O4S2/c23-18-6-1-3-15(11-18)12-19(28)26-7-9-27(10-8-26)33(29,30)20-13-17(14-32-20)21-24-22(31-25-21)16-4-2-5-16/h1,3,6,11,13-14,16H,2,4-5,7-10,12H2. The minimum atomic E-state index is -3.69. The molecule has 1 saturated heterocycles. The Balaban J connectivity index is 1.21. The number of hydrogen-bond acceptors (Lipinski definition) is 7. The van der Waals surface area contributed by atoms with Gasteiger partial charge in [0.05, 0.1) is 6.42 Å². The van der Waals surface area contributed by atoms with E-state index < -0.39 is 10.0 Å². The van der Waals surface area contributed by atoms with Gasteiger partial charge in [0.25, 0.3) is 10.0 Å². The van der Waals surface area contributed by atoms with Crippen molar-refractivity contribution in [3.05, 3.63) is 53.0 Å². The number of halogens is 1. The van der Waals surface area contributed by atoms with Crippen molar-refractivity contribution in [3.63, 3.8) is 0 Å². The van der Waals surface area contributed by atoms with E-state index in [2.05, 4.69) is 10.1 Å². The Morgan fingerprint density at radius 3 is 2.67 bits per heavy atom. The van der Waals surface area contributed by atoms with E-state index in [1.807, 2.05) is 0 Å². The first-order valence-corrected chi connectivity index (χ1v) is 13.2. The first kappa shape index (κ1) is 22.2. The van der Waals surface area contributed by atoms with Crippen LogP contribution in [-0.4, -0.2) is 59.8 Å². The molecule has 0 bridgehead atoms. The molecule has 5 rings (SSSR count). The summed E-state index contributed by atoms with van der Waals surface area (Å²) in [5, 5.41) is 5.73. The predicted octanol–water partition coefficient (Wildman–Crippen LogP) is 3.28. The Morgan fingerprint density at radius 1 is 1.18 bits per heavy atom. The molecule has 2 aliphatic rings. The van der Waals surface area contributed by atoms with Gasteiger partial charge in [0, 0.05) is 43.0 Å². The quantitative estimate of drug-likeness (QED) is 0.526. The maximum atomic E-state index is 13.4. The molecule has 0 unspecified atom stereocenters. The molecule has 0 radical (unpaired) electrons. The van der Waals surface area contributed by atoms with Crippen LogP contribution in [0.4, 0.5) is 4.39 Å². The molecule has 0 atom stereocenters. The topological polar surface area (TPSA) is 96.6 Å². The maximum Gasteiger partial charge on any atom is 0.252 e. The van der Waals surface area contributed by atoms with Crippen molar-refractivity contribution in [2.24, 2.45) is 0 Å². The highest BCUT2D eigenvalue weighted by Gasteiger charge is 2.32. The summed E-state index contributed by atoms with van der Waals surface area (Å²) < 4.78 is 46.6. The average Bonchev–Trinajstić information content (AvgIpc) is 3.43. The lowest BCUT2D eigenvalue weighted by atomic mass is 9.85. The highest BCUT2D eigenvalue weighted by Crippen LogP contribution is 2.37. The Kier molecular flexibility index (Phi) is 6.02. The van der Waals surface area contributed by atoms with Gasteiger partial charge in [0.15, 0.2) is 0 Å². The summed E-state index contributed by atoms with van der Waals surface area (Å²) in [6.07, 6.45) is 3.34. The molecule has 2 fully saturated rings. The molecule has 3 heterocycles. The number of piperazine rings is 1. The summed E-state index contributed by atoms with van der Waals surface area (Å²) in [6, 6.07) is 7.53. The van der Waals surface area contributed by atoms with E-state index in [1.165, 1.54) is 16.4 Å². The average molecular weight is 491 g/mol. The number of hydrogen-bond donors (Lipinski definition) is 0. The molecule has 33 heavy (non-hydrogen) atoms. The first-order valence-electron chi connectivity index (χ1n) is 10.8. The molecule has 1 aliphatic carbocycles. The lowest BCUT2D eigenvalue weighted by Crippen LogP contribution is -2.50. The number of carbonyl (C=O) groups is 1. The molecule has 2 aromatic heterocycles. The summed E-state index contributed by atoms with van der Waals surface area (Å²) in [5.74, 6) is 0.809. The van der Waals surface area contributed by atoms with Gasteiger partial charge in [0.1, 0.15) is 10.0 Å². The van der Waals surface area contributed by atoms with Crippen LogP contribution in [0.15, 0.2) is 44.4 Å². The third kappa shape index (κ3) is 4.57. The predicted molar refractivity (Wildman–Crippen MR) is 120 cm³/mol. The van der Waals surface area contributed by atoms with Crippen molar-refractivity contribution < 1.29 is 22.1 Å². The number of amides is 1. The Labute approximate surface area is 195 Å². The molecule has 1 saturated carbocycles. The molecule has 0 spiro atoms. The number of sulfonamides is 1. The Bertz CT molecular complexity index is 1260. The maximum absolute atomic E-state index is 13.4. The summed E-state index contributed by atoms with van der Waals surface area (Å²) in [7, 11) is -3.69. The van der Waals surface area contributed by atoms with Crippen LogP contribution in [0.5, 0.6) is 0 Å². The van der Waals surface area contributed by atoms with E-state index in [0.717, 1.165) is 30.6 Å². The van der Waals surface area contributed by atoms with Crippen molar-refractivity contribution >= 4 is 27.3 Å². The molecule has 8 nitrogen and oxygen atoms in total. The molecule has 3 aromatic rings.